The number of rotatable bonds is 6. The number of nitrogens with zero attached hydrogens (tertiary/aromatic N) is 4. The van der Waals surface area contributed by atoms with Crippen LogP contribution in [0.3, 0.4) is 0 Å². The summed E-state index contributed by atoms with van der Waals surface area (Å²) in [5.41, 5.74) is 0.102. The Kier molecular flexibility index (Phi) is 5.66. The Bertz CT molecular complexity index is 1100. The van der Waals surface area contributed by atoms with E-state index in [2.05, 4.69) is 16.7 Å². The van der Waals surface area contributed by atoms with Crippen molar-refractivity contribution in [2.45, 2.75) is 19.1 Å². The highest BCUT2D eigenvalue weighted by Gasteiger charge is 2.37. The van der Waals surface area contributed by atoms with Crippen molar-refractivity contribution in [2.24, 2.45) is 0 Å². The predicted octanol–water partition coefficient (Wildman–Crippen LogP) is 4.08. The molecule has 1 atom stereocenters. The Labute approximate surface area is 166 Å². The van der Waals surface area contributed by atoms with Crippen LogP contribution in [0.25, 0.3) is 11.6 Å². The number of nitriles is 1. The van der Waals surface area contributed by atoms with Crippen LogP contribution >= 0.6 is 0 Å². The van der Waals surface area contributed by atoms with Crippen LogP contribution < -0.4 is 0 Å². The first-order chi connectivity index (χ1) is 13.8. The number of allylic oxidation sites excluding steroid dienone is 1. The van der Waals surface area contributed by atoms with Gasteiger partial charge in [0, 0.05) is 17.2 Å². The molecule has 0 fully saturated rings. The Hall–Kier alpha value is -3.63. The summed E-state index contributed by atoms with van der Waals surface area (Å²) in [6.45, 7) is 5.52. The maximum absolute atomic E-state index is 14.6. The van der Waals surface area contributed by atoms with E-state index in [0.29, 0.717) is 17.2 Å². The molecule has 0 aliphatic heterocycles. The fraction of sp³-hybridized carbons (Fsp3) is 0.136. The average Bonchev–Trinajstić information content (AvgIpc) is 3.20. The highest BCUT2D eigenvalue weighted by Crippen LogP contribution is 2.38. The third kappa shape index (κ3) is 4.28. The lowest BCUT2D eigenvalue weighted by atomic mass is 9.82. The van der Waals surface area contributed by atoms with Gasteiger partial charge < -0.3 is 5.11 Å². The van der Waals surface area contributed by atoms with Gasteiger partial charge in [-0.1, -0.05) is 30.8 Å². The molecule has 146 valence electrons. The van der Waals surface area contributed by atoms with Crippen molar-refractivity contribution in [1.82, 2.24) is 14.8 Å². The minimum atomic E-state index is -1.90. The smallest absolute Gasteiger partial charge is 0.137 e. The third-order valence-electron chi connectivity index (χ3n) is 4.55. The Morgan fingerprint density at radius 1 is 1.28 bits per heavy atom. The molecule has 0 bridgehead atoms. The molecule has 0 saturated carbocycles. The van der Waals surface area contributed by atoms with E-state index in [0.717, 1.165) is 11.6 Å². The molecule has 7 heteroatoms. The van der Waals surface area contributed by atoms with E-state index in [9.17, 15) is 13.9 Å². The molecule has 1 aromatic heterocycles. The van der Waals surface area contributed by atoms with Crippen molar-refractivity contribution in [3.63, 3.8) is 0 Å². The SMILES string of the molecule is C=C(c1ccc(/C=C(\C)C#N)cc1)[C@](O)(Cn1cncn1)c1ccc(F)cc1F. The Morgan fingerprint density at radius 3 is 2.59 bits per heavy atom. The molecular weight excluding hydrogens is 374 g/mol. The second-order valence-electron chi connectivity index (χ2n) is 6.62. The number of benzene rings is 2. The van der Waals surface area contributed by atoms with E-state index in [1.54, 1.807) is 37.3 Å². The van der Waals surface area contributed by atoms with Crippen LogP contribution in [-0.2, 0) is 12.1 Å². The first-order valence-corrected chi connectivity index (χ1v) is 8.72. The fourth-order valence-corrected chi connectivity index (χ4v) is 3.02. The summed E-state index contributed by atoms with van der Waals surface area (Å²) in [5, 5.41) is 24.4. The molecule has 2 aromatic carbocycles. The van der Waals surface area contributed by atoms with Crippen LogP contribution in [0.4, 0.5) is 8.78 Å². The quantitative estimate of drug-likeness (QED) is 0.642. The molecule has 1 heterocycles. The number of aromatic nitrogens is 3. The molecule has 5 nitrogen and oxygen atoms in total. The lowest BCUT2D eigenvalue weighted by Gasteiger charge is -2.31. The van der Waals surface area contributed by atoms with Gasteiger partial charge in [0.15, 0.2) is 0 Å². The molecule has 0 aliphatic carbocycles. The summed E-state index contributed by atoms with van der Waals surface area (Å²) in [4.78, 5) is 3.84. The predicted molar refractivity (Wildman–Crippen MR) is 105 cm³/mol. The van der Waals surface area contributed by atoms with E-state index >= 15 is 0 Å². The van der Waals surface area contributed by atoms with Gasteiger partial charge in [-0.2, -0.15) is 10.4 Å². The van der Waals surface area contributed by atoms with Crippen LogP contribution in [0.1, 0.15) is 23.6 Å². The van der Waals surface area contributed by atoms with Crippen molar-refractivity contribution in [2.75, 3.05) is 0 Å². The maximum atomic E-state index is 14.6. The molecular formula is C22H18F2N4O. The van der Waals surface area contributed by atoms with Crippen LogP contribution in [0.2, 0.25) is 0 Å². The van der Waals surface area contributed by atoms with E-state index in [4.69, 9.17) is 5.26 Å². The Balaban J connectivity index is 2.04. The summed E-state index contributed by atoms with van der Waals surface area (Å²) in [5.74, 6) is -1.64. The Morgan fingerprint density at radius 2 is 2.00 bits per heavy atom. The van der Waals surface area contributed by atoms with Crippen LogP contribution in [0.5, 0.6) is 0 Å². The van der Waals surface area contributed by atoms with E-state index < -0.39 is 17.2 Å². The number of hydrogen-bond donors (Lipinski definition) is 1. The minimum Gasteiger partial charge on any atom is -0.378 e. The number of hydrogen-bond acceptors (Lipinski definition) is 4. The highest BCUT2D eigenvalue weighted by molar-refractivity contribution is 5.73. The van der Waals surface area contributed by atoms with Crippen molar-refractivity contribution >= 4 is 11.6 Å². The van der Waals surface area contributed by atoms with Crippen molar-refractivity contribution in [1.29, 1.82) is 5.26 Å². The van der Waals surface area contributed by atoms with E-state index in [1.807, 2.05) is 6.07 Å². The third-order valence-corrected chi connectivity index (χ3v) is 4.55. The van der Waals surface area contributed by atoms with Crippen LogP contribution in [0.15, 0.2) is 67.3 Å². The second-order valence-corrected chi connectivity index (χ2v) is 6.62. The summed E-state index contributed by atoms with van der Waals surface area (Å²) < 4.78 is 29.3. The van der Waals surface area contributed by atoms with Crippen molar-refractivity contribution < 1.29 is 13.9 Å². The van der Waals surface area contributed by atoms with Gasteiger partial charge in [0.25, 0.3) is 0 Å². The first kappa shape index (κ1) is 20.1. The molecule has 0 unspecified atom stereocenters. The zero-order valence-electron chi connectivity index (χ0n) is 15.7. The lowest BCUT2D eigenvalue weighted by molar-refractivity contribution is 0.0726. The molecule has 1 N–H and O–H groups in total. The normalized spacial score (nSPS) is 13.6. The molecule has 0 amide bonds. The zero-order chi connectivity index (χ0) is 21.0. The summed E-state index contributed by atoms with van der Waals surface area (Å²) >= 11 is 0. The van der Waals surface area contributed by atoms with E-state index in [1.165, 1.54) is 23.4 Å². The lowest BCUT2D eigenvalue weighted by Crippen LogP contribution is -2.34. The van der Waals surface area contributed by atoms with Gasteiger partial charge in [0.1, 0.15) is 29.9 Å². The summed E-state index contributed by atoms with van der Waals surface area (Å²) in [6.07, 6.45) is 4.40. The summed E-state index contributed by atoms with van der Waals surface area (Å²) in [7, 11) is 0. The second kappa shape index (κ2) is 8.17. The fourth-order valence-electron chi connectivity index (χ4n) is 3.02. The van der Waals surface area contributed by atoms with Gasteiger partial charge >= 0.3 is 0 Å². The zero-order valence-corrected chi connectivity index (χ0v) is 15.7. The maximum Gasteiger partial charge on any atom is 0.137 e. The van der Waals surface area contributed by atoms with Gasteiger partial charge in [0.2, 0.25) is 0 Å². The standard InChI is InChI=1S/C22H18F2N4O/c1-15(11-25)9-17-3-5-18(6-4-17)16(2)22(29,12-28-14-26-13-27-28)20-8-7-19(23)10-21(20)24/h3-10,13-14,29H,2,12H2,1H3/b15-9+/t22-/m1/s1. The molecule has 0 aliphatic rings. The number of halogens is 2. The molecule has 0 radical (unpaired) electrons. The van der Waals surface area contributed by atoms with E-state index in [-0.39, 0.29) is 17.7 Å². The molecule has 29 heavy (non-hydrogen) atoms. The highest BCUT2D eigenvalue weighted by atomic mass is 19.1. The van der Waals surface area contributed by atoms with Gasteiger partial charge in [-0.05, 0) is 41.8 Å². The molecule has 3 rings (SSSR count). The topological polar surface area (TPSA) is 74.7 Å². The largest absolute Gasteiger partial charge is 0.378 e. The van der Waals surface area contributed by atoms with Crippen molar-refractivity contribution in [3.8, 4) is 6.07 Å². The molecule has 0 spiro atoms. The first-order valence-electron chi connectivity index (χ1n) is 8.72. The van der Waals surface area contributed by atoms with Gasteiger partial charge in [-0.25, -0.2) is 18.4 Å². The monoisotopic (exact) mass is 392 g/mol. The molecule has 3 aromatic rings. The van der Waals surface area contributed by atoms with Gasteiger partial charge in [-0.3, -0.25) is 0 Å². The summed E-state index contributed by atoms with van der Waals surface area (Å²) in [6, 6.07) is 12.0. The number of aliphatic hydroxyl groups is 1. The minimum absolute atomic E-state index is 0.122. The van der Waals surface area contributed by atoms with Gasteiger partial charge in [-0.15, -0.1) is 0 Å². The average molecular weight is 392 g/mol. The van der Waals surface area contributed by atoms with Crippen LogP contribution in [0, 0.1) is 23.0 Å². The van der Waals surface area contributed by atoms with Crippen molar-refractivity contribution in [3.05, 3.63) is 95.6 Å². The van der Waals surface area contributed by atoms with Crippen LogP contribution in [-0.4, -0.2) is 19.9 Å². The van der Waals surface area contributed by atoms with Gasteiger partial charge in [0.05, 0.1) is 12.6 Å². The molecule has 0 saturated heterocycles.